The molecule has 0 radical (unpaired) electrons. The molecule has 0 saturated heterocycles. The number of amides is 1. The van der Waals surface area contributed by atoms with E-state index in [1.54, 1.807) is 19.1 Å². The average molecular weight is 367 g/mol. The molecule has 3 rings (SSSR count). The third-order valence-corrected chi connectivity index (χ3v) is 4.03. The molecular formula is C19H21N5O3. The first-order chi connectivity index (χ1) is 13.0. The molecule has 0 aliphatic carbocycles. The highest BCUT2D eigenvalue weighted by atomic mass is 16.6. The van der Waals surface area contributed by atoms with E-state index in [2.05, 4.69) is 20.8 Å². The summed E-state index contributed by atoms with van der Waals surface area (Å²) in [6.07, 6.45) is 1.34. The van der Waals surface area contributed by atoms with Gasteiger partial charge in [-0.15, -0.1) is 5.10 Å². The summed E-state index contributed by atoms with van der Waals surface area (Å²) < 4.78 is 6.94. The summed E-state index contributed by atoms with van der Waals surface area (Å²) in [6.45, 7) is 3.81. The highest BCUT2D eigenvalue weighted by Gasteiger charge is 2.12. The molecule has 2 N–H and O–H groups in total. The summed E-state index contributed by atoms with van der Waals surface area (Å²) in [5.41, 5.74) is 3.68. The lowest BCUT2D eigenvalue weighted by atomic mass is 10.0. The molecule has 0 bridgehead atoms. The maximum Gasteiger partial charge on any atom is 0.412 e. The summed E-state index contributed by atoms with van der Waals surface area (Å²) >= 11 is 0. The third kappa shape index (κ3) is 4.89. The van der Waals surface area contributed by atoms with Gasteiger partial charge in [0, 0.05) is 18.7 Å². The second kappa shape index (κ2) is 8.41. The van der Waals surface area contributed by atoms with Crippen LogP contribution in [0.1, 0.15) is 18.9 Å². The number of nitrogens with one attached hydrogen (secondary N) is 1. The minimum Gasteiger partial charge on any atom is -0.410 e. The Bertz CT molecular complexity index is 894. The number of hydrogen-bond acceptors (Lipinski definition) is 6. The average Bonchev–Trinajstić information content (AvgIpc) is 3.17. The normalized spacial score (nSPS) is 11.8. The van der Waals surface area contributed by atoms with E-state index >= 15 is 0 Å². The van der Waals surface area contributed by atoms with Gasteiger partial charge >= 0.3 is 6.09 Å². The van der Waals surface area contributed by atoms with Crippen molar-refractivity contribution in [3.8, 4) is 22.6 Å². The van der Waals surface area contributed by atoms with Crippen molar-refractivity contribution >= 4 is 6.09 Å². The van der Waals surface area contributed by atoms with E-state index in [1.807, 2.05) is 37.3 Å². The van der Waals surface area contributed by atoms with Crippen LogP contribution in [0.5, 0.6) is 5.75 Å². The first kappa shape index (κ1) is 18.5. The van der Waals surface area contributed by atoms with Crippen LogP contribution >= 0.6 is 0 Å². The van der Waals surface area contributed by atoms with Gasteiger partial charge in [-0.2, -0.15) is 0 Å². The van der Waals surface area contributed by atoms with Crippen LogP contribution in [0.15, 0.2) is 48.8 Å². The molecule has 27 heavy (non-hydrogen) atoms. The van der Waals surface area contributed by atoms with Gasteiger partial charge in [0.25, 0.3) is 0 Å². The molecule has 3 aromatic rings. The number of carbonyl (C=O) groups excluding carboxylic acids is 1. The molecule has 0 fully saturated rings. The van der Waals surface area contributed by atoms with Crippen molar-refractivity contribution in [1.29, 1.82) is 0 Å². The Hall–Kier alpha value is -3.26. The predicted molar refractivity (Wildman–Crippen MR) is 99.7 cm³/mol. The van der Waals surface area contributed by atoms with E-state index in [4.69, 9.17) is 9.84 Å². The second-order valence-electron chi connectivity index (χ2n) is 6.28. The van der Waals surface area contributed by atoms with E-state index in [-0.39, 0.29) is 12.6 Å². The molecule has 1 amide bonds. The lowest BCUT2D eigenvalue weighted by Crippen LogP contribution is -2.35. The van der Waals surface area contributed by atoms with E-state index in [1.165, 1.54) is 11.0 Å². The minimum atomic E-state index is -0.584. The summed E-state index contributed by atoms with van der Waals surface area (Å²) in [4.78, 5) is 12.1. The fraction of sp³-hybridized carbons (Fsp3) is 0.263. The first-order valence-corrected chi connectivity index (χ1v) is 8.60. The second-order valence-corrected chi connectivity index (χ2v) is 6.28. The van der Waals surface area contributed by atoms with Crippen molar-refractivity contribution in [3.63, 3.8) is 0 Å². The maximum atomic E-state index is 12.1. The summed E-state index contributed by atoms with van der Waals surface area (Å²) in [6, 6.07) is 13.2. The van der Waals surface area contributed by atoms with Gasteiger partial charge in [0.1, 0.15) is 12.1 Å². The third-order valence-electron chi connectivity index (χ3n) is 4.03. The topological polar surface area (TPSA) is 102 Å². The van der Waals surface area contributed by atoms with Crippen molar-refractivity contribution in [3.05, 3.63) is 54.4 Å². The van der Waals surface area contributed by atoms with Crippen molar-refractivity contribution in [2.24, 2.45) is 0 Å². The van der Waals surface area contributed by atoms with Crippen LogP contribution in [0, 0.1) is 6.92 Å². The number of aromatic nitrogens is 4. The highest BCUT2D eigenvalue weighted by molar-refractivity contribution is 5.74. The van der Waals surface area contributed by atoms with Gasteiger partial charge in [-0.25, -0.2) is 9.48 Å². The van der Waals surface area contributed by atoms with Crippen LogP contribution in [0.4, 0.5) is 4.79 Å². The molecule has 0 spiro atoms. The van der Waals surface area contributed by atoms with E-state index in [0.29, 0.717) is 17.9 Å². The van der Waals surface area contributed by atoms with Gasteiger partial charge in [-0.05, 0) is 54.0 Å². The fourth-order valence-corrected chi connectivity index (χ4v) is 2.57. The van der Waals surface area contributed by atoms with Gasteiger partial charge < -0.3 is 15.2 Å². The number of hydrogen-bond donors (Lipinski definition) is 2. The van der Waals surface area contributed by atoms with Crippen molar-refractivity contribution in [2.45, 2.75) is 26.3 Å². The molecule has 0 saturated carbocycles. The standard InChI is InChI=1S/C19H21N5O3/c1-13-3-5-15(6-4-13)16-9-17(24-12-20-22-23-24)11-18(10-16)27-19(26)21-14(2)7-8-25/h3-6,9-12,14,25H,7-8H2,1-2H3,(H,21,26). The van der Waals surface area contributed by atoms with Crippen LogP contribution in [0.3, 0.4) is 0 Å². The Balaban J connectivity index is 1.90. The van der Waals surface area contributed by atoms with E-state index in [9.17, 15) is 4.79 Å². The van der Waals surface area contributed by atoms with Crippen molar-refractivity contribution in [1.82, 2.24) is 25.5 Å². The lowest BCUT2D eigenvalue weighted by Gasteiger charge is -2.14. The molecule has 140 valence electrons. The molecule has 1 unspecified atom stereocenters. The van der Waals surface area contributed by atoms with Crippen molar-refractivity contribution < 1.29 is 14.6 Å². The zero-order chi connectivity index (χ0) is 19.2. The summed E-state index contributed by atoms with van der Waals surface area (Å²) in [5.74, 6) is 0.368. The smallest absolute Gasteiger partial charge is 0.410 e. The number of carbonyl (C=O) groups is 1. The van der Waals surface area contributed by atoms with Crippen LogP contribution in [-0.2, 0) is 0 Å². The molecular weight excluding hydrogens is 346 g/mol. The highest BCUT2D eigenvalue weighted by Crippen LogP contribution is 2.28. The monoisotopic (exact) mass is 367 g/mol. The zero-order valence-electron chi connectivity index (χ0n) is 15.2. The zero-order valence-corrected chi connectivity index (χ0v) is 15.2. The van der Waals surface area contributed by atoms with E-state index in [0.717, 1.165) is 16.7 Å². The number of tetrazole rings is 1. The van der Waals surface area contributed by atoms with Crippen molar-refractivity contribution in [2.75, 3.05) is 6.61 Å². The number of aliphatic hydroxyl groups excluding tert-OH is 1. The van der Waals surface area contributed by atoms with Crippen LogP contribution in [0.25, 0.3) is 16.8 Å². The molecule has 1 heterocycles. The number of aryl methyl sites for hydroxylation is 1. The van der Waals surface area contributed by atoms with Gasteiger partial charge in [0.15, 0.2) is 0 Å². The molecule has 0 aliphatic rings. The molecule has 1 atom stereocenters. The first-order valence-electron chi connectivity index (χ1n) is 8.60. The van der Waals surface area contributed by atoms with Gasteiger partial charge in [-0.1, -0.05) is 29.8 Å². The van der Waals surface area contributed by atoms with Gasteiger partial charge in [-0.3, -0.25) is 0 Å². The van der Waals surface area contributed by atoms with Gasteiger partial charge in [0.05, 0.1) is 5.69 Å². The molecule has 1 aromatic heterocycles. The summed E-state index contributed by atoms with van der Waals surface area (Å²) in [5, 5.41) is 22.8. The lowest BCUT2D eigenvalue weighted by molar-refractivity contribution is 0.193. The predicted octanol–water partition coefficient (Wildman–Crippen LogP) is 2.50. The van der Waals surface area contributed by atoms with Crippen LogP contribution in [-0.4, -0.2) is 44.1 Å². The van der Waals surface area contributed by atoms with Crippen LogP contribution < -0.4 is 10.1 Å². The molecule has 8 heteroatoms. The minimum absolute atomic E-state index is 0.00615. The molecule has 2 aromatic carbocycles. The number of aliphatic hydroxyl groups is 1. The number of nitrogens with zero attached hydrogens (tertiary/aromatic N) is 4. The van der Waals surface area contributed by atoms with Gasteiger partial charge in [0.2, 0.25) is 0 Å². The fourth-order valence-electron chi connectivity index (χ4n) is 2.57. The SMILES string of the molecule is Cc1ccc(-c2cc(OC(=O)NC(C)CCO)cc(-n3cnnn3)c2)cc1. The maximum absolute atomic E-state index is 12.1. The Morgan fingerprint density at radius 1 is 1.22 bits per heavy atom. The molecule has 8 nitrogen and oxygen atoms in total. The van der Waals surface area contributed by atoms with E-state index < -0.39 is 6.09 Å². The Kier molecular flexibility index (Phi) is 5.77. The quantitative estimate of drug-likeness (QED) is 0.694. The Morgan fingerprint density at radius 3 is 2.67 bits per heavy atom. The van der Waals surface area contributed by atoms with Crippen LogP contribution in [0.2, 0.25) is 0 Å². The molecule has 0 aliphatic heterocycles. The largest absolute Gasteiger partial charge is 0.412 e. The Labute approximate surface area is 156 Å². The summed E-state index contributed by atoms with van der Waals surface area (Å²) in [7, 11) is 0. The number of benzene rings is 2. The number of ether oxygens (including phenoxy) is 1. The Morgan fingerprint density at radius 2 is 2.00 bits per heavy atom. The number of rotatable bonds is 6.